The van der Waals surface area contributed by atoms with Crippen LogP contribution < -0.4 is 0 Å². The second-order valence-corrected chi connectivity index (χ2v) is 8.34. The molecule has 0 aromatic carbocycles. The van der Waals surface area contributed by atoms with Crippen LogP contribution in [0.5, 0.6) is 0 Å². The highest BCUT2D eigenvalue weighted by Gasteiger charge is 2.23. The van der Waals surface area contributed by atoms with E-state index in [2.05, 4.69) is 0 Å². The quantitative estimate of drug-likeness (QED) is 0.368. The van der Waals surface area contributed by atoms with Crippen molar-refractivity contribution in [3.63, 3.8) is 0 Å². The van der Waals surface area contributed by atoms with Crippen LogP contribution in [0.4, 0.5) is 0 Å². The molecule has 0 spiro atoms. The van der Waals surface area contributed by atoms with Crippen molar-refractivity contribution in [2.45, 2.75) is 70.2 Å². The summed E-state index contributed by atoms with van der Waals surface area (Å²) in [6.07, 6.45) is -1.49. The molecule has 12 heteroatoms. The summed E-state index contributed by atoms with van der Waals surface area (Å²) in [4.78, 5) is 0. The van der Waals surface area contributed by atoms with Gasteiger partial charge in [0.1, 0.15) is 24.4 Å². The lowest BCUT2D eigenvalue weighted by Gasteiger charge is -2.29. The summed E-state index contributed by atoms with van der Waals surface area (Å²) in [7, 11) is 0. The number of alkyl halides is 1. The van der Waals surface area contributed by atoms with Crippen molar-refractivity contribution in [2.75, 3.05) is 65.3 Å². The summed E-state index contributed by atoms with van der Waals surface area (Å²) in [5.74, 6) is 0.667. The molecule has 1 unspecified atom stereocenters. The van der Waals surface area contributed by atoms with E-state index in [9.17, 15) is 5.11 Å². The van der Waals surface area contributed by atoms with Gasteiger partial charge in [0.05, 0.1) is 71.4 Å². The number of epoxide rings is 1. The first-order chi connectivity index (χ1) is 15.9. The summed E-state index contributed by atoms with van der Waals surface area (Å²) in [5.41, 5.74) is 0. The Kier molecular flexibility index (Phi) is 14.5. The lowest BCUT2D eigenvalue weighted by molar-refractivity contribution is -0.230. The van der Waals surface area contributed by atoms with Gasteiger partial charge in [-0.2, -0.15) is 0 Å². The van der Waals surface area contributed by atoms with Gasteiger partial charge in [-0.25, -0.2) is 0 Å². The van der Waals surface area contributed by atoms with Crippen molar-refractivity contribution in [1.82, 2.24) is 0 Å². The minimum absolute atomic E-state index is 0.136. The van der Waals surface area contributed by atoms with Gasteiger partial charge >= 0.3 is 0 Å². The maximum atomic E-state index is 9.80. The molecule has 4 aliphatic rings. The van der Waals surface area contributed by atoms with Crippen LogP contribution in [0.25, 0.3) is 0 Å². The van der Waals surface area contributed by atoms with E-state index in [0.717, 1.165) is 6.61 Å². The van der Waals surface area contributed by atoms with Crippen molar-refractivity contribution >= 4 is 11.6 Å². The number of hydrogen-bond donors (Lipinski definition) is 2. The standard InChI is InChI=1S/C13H24O7.C5H10O3.C3H5ClO/c1-9-15-5-12(6-16-9)19-3-11(14)4-20-13-7-17-10(2)18-8-13;1-4-7-2-5(6)3-8-4;4-1-3-2-5-3/h9-14H,3-8H2,1-2H3;4-6H,2-3H2,1H3;3H,1-2H2. The molecule has 196 valence electrons. The Labute approximate surface area is 200 Å². The third-order valence-electron chi connectivity index (χ3n) is 4.74. The molecule has 4 aliphatic heterocycles. The minimum Gasteiger partial charge on any atom is -0.388 e. The molecular weight excluding hydrogens is 464 g/mol. The topological polar surface area (TPSA) is 127 Å². The van der Waals surface area contributed by atoms with Gasteiger partial charge in [0.25, 0.3) is 0 Å². The van der Waals surface area contributed by atoms with Crippen molar-refractivity contribution in [2.24, 2.45) is 0 Å². The van der Waals surface area contributed by atoms with Crippen molar-refractivity contribution in [3.05, 3.63) is 0 Å². The van der Waals surface area contributed by atoms with Crippen LogP contribution in [0.2, 0.25) is 0 Å². The average Bonchev–Trinajstić information content (AvgIpc) is 3.66. The Morgan fingerprint density at radius 1 is 0.697 bits per heavy atom. The van der Waals surface area contributed by atoms with Crippen molar-refractivity contribution < 1.29 is 52.8 Å². The van der Waals surface area contributed by atoms with Crippen LogP contribution in [0.1, 0.15) is 20.8 Å². The van der Waals surface area contributed by atoms with Gasteiger partial charge in [0.2, 0.25) is 0 Å². The Bertz CT molecular complexity index is 439. The first-order valence-electron chi connectivity index (χ1n) is 11.3. The highest BCUT2D eigenvalue weighted by Crippen LogP contribution is 2.10. The predicted octanol–water partition coefficient (Wildman–Crippen LogP) is 0.267. The van der Waals surface area contributed by atoms with Gasteiger partial charge in [0, 0.05) is 0 Å². The highest BCUT2D eigenvalue weighted by atomic mass is 35.5. The van der Waals surface area contributed by atoms with E-state index >= 15 is 0 Å². The van der Waals surface area contributed by atoms with E-state index in [1.165, 1.54) is 0 Å². The van der Waals surface area contributed by atoms with E-state index in [1.54, 1.807) is 0 Å². The van der Waals surface area contributed by atoms with Gasteiger partial charge < -0.3 is 52.8 Å². The third kappa shape index (κ3) is 14.1. The Hall–Kier alpha value is -0.150. The SMILES string of the molecule is CC1OCC(O)CO1.CC1OCC(OCC(O)COC2COC(C)OC2)CO1.ClCC1CO1. The summed E-state index contributed by atoms with van der Waals surface area (Å²) < 4.78 is 46.8. The first kappa shape index (κ1) is 29.1. The van der Waals surface area contributed by atoms with E-state index < -0.39 is 12.2 Å². The van der Waals surface area contributed by atoms with Crippen LogP contribution in [0.3, 0.4) is 0 Å². The van der Waals surface area contributed by atoms with Crippen LogP contribution in [0, 0.1) is 0 Å². The fraction of sp³-hybridized carbons (Fsp3) is 1.00. The molecule has 4 saturated heterocycles. The highest BCUT2D eigenvalue weighted by molar-refractivity contribution is 6.18. The van der Waals surface area contributed by atoms with E-state index in [1.807, 2.05) is 20.8 Å². The molecule has 0 aromatic heterocycles. The molecule has 0 aromatic rings. The minimum atomic E-state index is -0.686. The van der Waals surface area contributed by atoms with Crippen LogP contribution in [-0.4, -0.2) is 125 Å². The second kappa shape index (κ2) is 16.5. The number of halogens is 1. The van der Waals surface area contributed by atoms with Gasteiger partial charge in [-0.1, -0.05) is 0 Å². The van der Waals surface area contributed by atoms with Gasteiger partial charge in [-0.3, -0.25) is 0 Å². The molecule has 0 bridgehead atoms. The van der Waals surface area contributed by atoms with Gasteiger partial charge in [0.15, 0.2) is 18.9 Å². The molecule has 0 amide bonds. The lowest BCUT2D eigenvalue weighted by atomic mass is 10.3. The smallest absolute Gasteiger partial charge is 0.155 e. The molecule has 33 heavy (non-hydrogen) atoms. The Balaban J connectivity index is 0.000000240. The number of ether oxygens (including phenoxy) is 9. The van der Waals surface area contributed by atoms with Crippen LogP contribution in [0.15, 0.2) is 0 Å². The summed E-state index contributed by atoms with van der Waals surface area (Å²) in [6, 6.07) is 0. The van der Waals surface area contributed by atoms with Gasteiger partial charge in [-0.05, 0) is 20.8 Å². The number of aliphatic hydroxyl groups is 2. The average molecular weight is 503 g/mol. The summed E-state index contributed by atoms with van der Waals surface area (Å²) in [6.45, 7) is 9.49. The molecule has 4 heterocycles. The fourth-order valence-electron chi connectivity index (χ4n) is 2.65. The number of hydrogen-bond acceptors (Lipinski definition) is 11. The zero-order valence-corrected chi connectivity index (χ0v) is 20.4. The normalized spacial score (nSPS) is 37.1. The molecule has 0 saturated carbocycles. The summed E-state index contributed by atoms with van der Waals surface area (Å²) in [5, 5.41) is 18.6. The molecule has 2 N–H and O–H groups in total. The molecule has 4 rings (SSSR count). The third-order valence-corrected chi connectivity index (χ3v) is 5.08. The molecule has 0 aliphatic carbocycles. The van der Waals surface area contributed by atoms with E-state index in [-0.39, 0.29) is 44.3 Å². The monoisotopic (exact) mass is 502 g/mol. The van der Waals surface area contributed by atoms with Gasteiger partial charge in [-0.15, -0.1) is 11.6 Å². The molecule has 4 fully saturated rings. The summed E-state index contributed by atoms with van der Waals surface area (Å²) >= 11 is 5.27. The first-order valence-corrected chi connectivity index (χ1v) is 11.9. The van der Waals surface area contributed by atoms with Crippen LogP contribution in [-0.2, 0) is 42.6 Å². The second-order valence-electron chi connectivity index (χ2n) is 8.03. The fourth-order valence-corrected chi connectivity index (χ4v) is 2.82. The number of rotatable bonds is 7. The zero-order chi connectivity index (χ0) is 24.1. The zero-order valence-electron chi connectivity index (χ0n) is 19.6. The van der Waals surface area contributed by atoms with E-state index in [4.69, 9.17) is 59.3 Å². The largest absolute Gasteiger partial charge is 0.388 e. The number of aliphatic hydroxyl groups excluding tert-OH is 2. The maximum Gasteiger partial charge on any atom is 0.155 e. The molecule has 11 nitrogen and oxygen atoms in total. The lowest BCUT2D eigenvalue weighted by Crippen LogP contribution is -2.40. The molecular formula is C21H39ClO11. The molecule has 1 atom stereocenters. The van der Waals surface area contributed by atoms with Crippen molar-refractivity contribution in [3.8, 4) is 0 Å². The van der Waals surface area contributed by atoms with E-state index in [0.29, 0.717) is 51.6 Å². The predicted molar refractivity (Wildman–Crippen MR) is 116 cm³/mol. The van der Waals surface area contributed by atoms with Crippen molar-refractivity contribution in [1.29, 1.82) is 0 Å². The van der Waals surface area contributed by atoms with Crippen LogP contribution >= 0.6 is 11.6 Å². The Morgan fingerprint density at radius 3 is 1.33 bits per heavy atom. The maximum absolute atomic E-state index is 9.80. The Morgan fingerprint density at radius 2 is 1.06 bits per heavy atom. The molecule has 0 radical (unpaired) electrons.